The lowest BCUT2D eigenvalue weighted by atomic mass is 9.95. The van der Waals surface area contributed by atoms with Crippen LogP contribution in [-0.4, -0.2) is 0 Å². The van der Waals surface area contributed by atoms with E-state index in [2.05, 4.69) is 217 Å². The zero-order valence-electron chi connectivity index (χ0n) is 29.6. The summed E-state index contributed by atoms with van der Waals surface area (Å²) in [6.45, 7) is 0. The van der Waals surface area contributed by atoms with E-state index in [1.54, 1.807) is 0 Å². The quantitative estimate of drug-likeness (QED) is 0.160. The van der Waals surface area contributed by atoms with E-state index in [0.717, 1.165) is 17.1 Å². The third-order valence-corrected chi connectivity index (χ3v) is 11.6. The lowest BCUT2D eigenvalue weighted by molar-refractivity contribution is 1.28. The molecule has 0 fully saturated rings. The van der Waals surface area contributed by atoms with Gasteiger partial charge in [0, 0.05) is 37.1 Å². The van der Waals surface area contributed by atoms with E-state index < -0.39 is 0 Å². The molecule has 1 aromatic heterocycles. The average molecular weight is 706 g/mol. The molecule has 0 atom stereocenters. The van der Waals surface area contributed by atoms with Crippen LogP contribution in [0, 0.1) is 0 Å². The summed E-state index contributed by atoms with van der Waals surface area (Å²) in [5, 5.41) is 5.19. The van der Waals surface area contributed by atoms with E-state index in [9.17, 15) is 0 Å². The molecule has 2 heteroatoms. The van der Waals surface area contributed by atoms with Crippen LogP contribution in [0.4, 0.5) is 17.1 Å². The first-order chi connectivity index (χ1) is 26.7. The molecular formula is C52H35NS. The number of hydrogen-bond acceptors (Lipinski definition) is 2. The van der Waals surface area contributed by atoms with Crippen LogP contribution >= 0.6 is 11.3 Å². The van der Waals surface area contributed by atoms with Crippen molar-refractivity contribution in [1.82, 2.24) is 0 Å². The van der Waals surface area contributed by atoms with Crippen molar-refractivity contribution < 1.29 is 0 Å². The van der Waals surface area contributed by atoms with Crippen molar-refractivity contribution in [3.63, 3.8) is 0 Å². The summed E-state index contributed by atoms with van der Waals surface area (Å²) < 4.78 is 2.64. The Kier molecular flexibility index (Phi) is 8.09. The number of nitrogens with zero attached hydrogens (tertiary/aromatic N) is 1. The summed E-state index contributed by atoms with van der Waals surface area (Å²) in [7, 11) is 0. The summed E-state index contributed by atoms with van der Waals surface area (Å²) >= 11 is 1.87. The van der Waals surface area contributed by atoms with Crippen LogP contribution in [0.1, 0.15) is 0 Å². The highest BCUT2D eigenvalue weighted by Gasteiger charge is 2.20. The van der Waals surface area contributed by atoms with Gasteiger partial charge in [-0.05, 0) is 110 Å². The Morgan fingerprint density at radius 2 is 0.815 bits per heavy atom. The first-order valence-electron chi connectivity index (χ1n) is 18.4. The van der Waals surface area contributed by atoms with E-state index in [1.807, 2.05) is 11.3 Å². The summed E-state index contributed by atoms with van der Waals surface area (Å²) in [4.78, 5) is 2.41. The van der Waals surface area contributed by atoms with Crippen LogP contribution < -0.4 is 4.90 Å². The lowest BCUT2D eigenvalue weighted by Gasteiger charge is -2.29. The highest BCUT2D eigenvalue weighted by molar-refractivity contribution is 7.25. The Balaban J connectivity index is 1.15. The van der Waals surface area contributed by atoms with Gasteiger partial charge in [0.25, 0.3) is 0 Å². The topological polar surface area (TPSA) is 3.24 Å². The van der Waals surface area contributed by atoms with Gasteiger partial charge in [-0.1, -0.05) is 152 Å². The SMILES string of the molecule is c1ccc(-c2ccc(N(c3cccc(-c4ccccc4)c3)c3ccc(-c4ccc5sc6cc7ccccc7cc6c5c4)cc3-c3ccccc3)cc2)cc1. The molecular weight excluding hydrogens is 671 g/mol. The minimum Gasteiger partial charge on any atom is -0.310 e. The van der Waals surface area contributed by atoms with Crippen LogP contribution in [0.3, 0.4) is 0 Å². The molecule has 0 amide bonds. The molecule has 0 radical (unpaired) electrons. The van der Waals surface area contributed by atoms with Crippen LogP contribution in [0.15, 0.2) is 212 Å². The van der Waals surface area contributed by atoms with Crippen molar-refractivity contribution in [3.8, 4) is 44.5 Å². The molecule has 10 rings (SSSR count). The van der Waals surface area contributed by atoms with Crippen LogP contribution in [0.25, 0.3) is 75.5 Å². The average Bonchev–Trinajstić information content (AvgIpc) is 3.61. The summed E-state index contributed by atoms with van der Waals surface area (Å²) in [6.07, 6.45) is 0. The highest BCUT2D eigenvalue weighted by atomic mass is 32.1. The van der Waals surface area contributed by atoms with Gasteiger partial charge < -0.3 is 4.90 Å². The fourth-order valence-electron chi connectivity index (χ4n) is 7.72. The second kappa shape index (κ2) is 13.7. The Morgan fingerprint density at radius 1 is 0.296 bits per heavy atom. The molecule has 1 nitrogen and oxygen atoms in total. The van der Waals surface area contributed by atoms with Gasteiger partial charge in [-0.2, -0.15) is 0 Å². The molecule has 0 aliphatic rings. The molecule has 0 aliphatic carbocycles. The molecule has 1 heterocycles. The third kappa shape index (κ3) is 5.93. The molecule has 0 saturated carbocycles. The van der Waals surface area contributed by atoms with Crippen LogP contribution in [0.5, 0.6) is 0 Å². The van der Waals surface area contributed by atoms with Crippen molar-refractivity contribution in [2.75, 3.05) is 4.90 Å². The molecule has 10 aromatic rings. The van der Waals surface area contributed by atoms with E-state index >= 15 is 0 Å². The number of anilines is 3. The lowest BCUT2D eigenvalue weighted by Crippen LogP contribution is -2.11. The second-order valence-electron chi connectivity index (χ2n) is 13.8. The van der Waals surface area contributed by atoms with E-state index in [4.69, 9.17) is 0 Å². The third-order valence-electron chi connectivity index (χ3n) is 10.4. The fraction of sp³-hybridized carbons (Fsp3) is 0. The number of fused-ring (bicyclic) bond motifs is 4. The zero-order valence-corrected chi connectivity index (χ0v) is 30.4. The minimum absolute atomic E-state index is 1.10. The summed E-state index contributed by atoms with van der Waals surface area (Å²) in [6, 6.07) is 77.2. The summed E-state index contributed by atoms with van der Waals surface area (Å²) in [5.41, 5.74) is 12.9. The van der Waals surface area contributed by atoms with Crippen molar-refractivity contribution in [2.45, 2.75) is 0 Å². The first kappa shape index (κ1) is 32.0. The molecule has 0 unspecified atom stereocenters. The van der Waals surface area contributed by atoms with Crippen molar-refractivity contribution in [1.29, 1.82) is 0 Å². The molecule has 0 aliphatic heterocycles. The molecule has 0 saturated heterocycles. The van der Waals surface area contributed by atoms with Gasteiger partial charge in [-0.25, -0.2) is 0 Å². The normalized spacial score (nSPS) is 11.3. The van der Waals surface area contributed by atoms with Crippen molar-refractivity contribution in [3.05, 3.63) is 212 Å². The Bertz CT molecular complexity index is 2910. The Labute approximate surface area is 319 Å². The molecule has 0 spiro atoms. The summed E-state index contributed by atoms with van der Waals surface area (Å²) in [5.74, 6) is 0. The smallest absolute Gasteiger partial charge is 0.0540 e. The van der Waals surface area contributed by atoms with Crippen molar-refractivity contribution >= 4 is 59.3 Å². The number of benzene rings is 9. The van der Waals surface area contributed by atoms with Gasteiger partial charge in [0.2, 0.25) is 0 Å². The highest BCUT2D eigenvalue weighted by Crippen LogP contribution is 2.45. The Morgan fingerprint density at radius 3 is 1.54 bits per heavy atom. The first-order valence-corrected chi connectivity index (χ1v) is 19.2. The van der Waals surface area contributed by atoms with Gasteiger partial charge in [0.05, 0.1) is 5.69 Å². The molecule has 54 heavy (non-hydrogen) atoms. The molecule has 9 aromatic carbocycles. The number of hydrogen-bond donors (Lipinski definition) is 0. The largest absolute Gasteiger partial charge is 0.310 e. The maximum atomic E-state index is 2.41. The van der Waals surface area contributed by atoms with Gasteiger partial charge in [-0.15, -0.1) is 11.3 Å². The Hall–Kier alpha value is -6.74. The second-order valence-corrected chi connectivity index (χ2v) is 14.9. The molecule has 254 valence electrons. The standard InChI is InChI=1S/C52H35NS/c1-4-13-36(14-5-1)38-23-27-45(28-24-38)53(46-22-12-21-40(31-46)37-15-6-2-7-16-37)50-29-25-43(32-47(50)39-17-8-3-9-18-39)44-26-30-51-48(34-44)49-33-41-19-10-11-20-42(41)35-52(49)54-51/h1-35H. The monoisotopic (exact) mass is 705 g/mol. The van der Waals surface area contributed by atoms with Crippen molar-refractivity contribution in [2.24, 2.45) is 0 Å². The van der Waals surface area contributed by atoms with Gasteiger partial charge in [0.1, 0.15) is 0 Å². The number of rotatable bonds is 7. The van der Waals surface area contributed by atoms with E-state index in [-0.39, 0.29) is 0 Å². The fourth-order valence-corrected chi connectivity index (χ4v) is 8.83. The predicted octanol–water partition coefficient (Wildman–Crippen LogP) is 15.3. The molecule has 0 bridgehead atoms. The predicted molar refractivity (Wildman–Crippen MR) is 233 cm³/mol. The van der Waals surface area contributed by atoms with E-state index in [1.165, 1.54) is 75.5 Å². The van der Waals surface area contributed by atoms with Gasteiger partial charge in [-0.3, -0.25) is 0 Å². The zero-order chi connectivity index (χ0) is 35.8. The van der Waals surface area contributed by atoms with Gasteiger partial charge in [0.15, 0.2) is 0 Å². The maximum absolute atomic E-state index is 2.41. The van der Waals surface area contributed by atoms with Crippen LogP contribution in [-0.2, 0) is 0 Å². The minimum atomic E-state index is 1.10. The van der Waals surface area contributed by atoms with E-state index in [0.29, 0.717) is 0 Å². The maximum Gasteiger partial charge on any atom is 0.0540 e. The molecule has 0 N–H and O–H groups in total. The van der Waals surface area contributed by atoms with Gasteiger partial charge >= 0.3 is 0 Å². The van der Waals surface area contributed by atoms with Crippen LogP contribution in [0.2, 0.25) is 0 Å². The number of thiophene rings is 1.